The molecule has 1 amide bonds. The first-order valence-electron chi connectivity index (χ1n) is 8.17. The highest BCUT2D eigenvalue weighted by Gasteiger charge is 2.26. The SMILES string of the molecule is COc1ccc(OC)c(NC(=O)C(N=Nc2cccc(C)c2Cl)C(C)=O)c1Cl. The summed E-state index contributed by atoms with van der Waals surface area (Å²) < 4.78 is 10.4. The molecule has 2 aromatic carbocycles. The van der Waals surface area contributed by atoms with E-state index in [1.807, 2.05) is 13.0 Å². The van der Waals surface area contributed by atoms with Gasteiger partial charge in [0.25, 0.3) is 5.91 Å². The van der Waals surface area contributed by atoms with E-state index in [1.54, 1.807) is 24.3 Å². The second-order valence-electron chi connectivity index (χ2n) is 5.78. The zero-order valence-electron chi connectivity index (χ0n) is 15.7. The number of hydrogen-bond acceptors (Lipinski definition) is 6. The summed E-state index contributed by atoms with van der Waals surface area (Å²) in [4.78, 5) is 24.6. The minimum atomic E-state index is -1.39. The molecule has 0 aliphatic heterocycles. The Morgan fingerprint density at radius 1 is 1.04 bits per heavy atom. The van der Waals surface area contributed by atoms with Crippen molar-refractivity contribution in [2.45, 2.75) is 19.9 Å². The van der Waals surface area contributed by atoms with Crippen LogP contribution in [0.15, 0.2) is 40.6 Å². The van der Waals surface area contributed by atoms with Crippen molar-refractivity contribution in [3.05, 3.63) is 45.9 Å². The first kappa shape index (κ1) is 21.7. The molecule has 2 aromatic rings. The van der Waals surface area contributed by atoms with Crippen molar-refractivity contribution in [1.82, 2.24) is 0 Å². The van der Waals surface area contributed by atoms with Crippen LogP contribution in [0.25, 0.3) is 0 Å². The van der Waals surface area contributed by atoms with Crippen molar-refractivity contribution in [3.63, 3.8) is 0 Å². The Morgan fingerprint density at radius 2 is 1.68 bits per heavy atom. The van der Waals surface area contributed by atoms with Gasteiger partial charge in [0.05, 0.1) is 19.2 Å². The summed E-state index contributed by atoms with van der Waals surface area (Å²) in [6.07, 6.45) is 0. The molecule has 0 spiro atoms. The Kier molecular flexibility index (Phi) is 7.37. The predicted molar refractivity (Wildman–Crippen MR) is 108 cm³/mol. The molecule has 0 aliphatic rings. The van der Waals surface area contributed by atoms with E-state index in [4.69, 9.17) is 32.7 Å². The van der Waals surface area contributed by atoms with Gasteiger partial charge in [-0.1, -0.05) is 35.3 Å². The van der Waals surface area contributed by atoms with E-state index in [9.17, 15) is 9.59 Å². The molecule has 0 aliphatic carbocycles. The number of methoxy groups -OCH3 is 2. The van der Waals surface area contributed by atoms with E-state index < -0.39 is 17.7 Å². The molecule has 1 atom stereocenters. The molecular weight excluding hydrogens is 405 g/mol. The number of azo groups is 1. The molecule has 7 nitrogen and oxygen atoms in total. The van der Waals surface area contributed by atoms with Crippen LogP contribution < -0.4 is 14.8 Å². The van der Waals surface area contributed by atoms with Crippen molar-refractivity contribution in [2.75, 3.05) is 19.5 Å². The fraction of sp³-hybridized carbons (Fsp3) is 0.263. The van der Waals surface area contributed by atoms with Gasteiger partial charge < -0.3 is 14.8 Å². The monoisotopic (exact) mass is 423 g/mol. The van der Waals surface area contributed by atoms with Gasteiger partial charge in [-0.3, -0.25) is 9.59 Å². The number of carbonyl (C=O) groups is 2. The summed E-state index contributed by atoms with van der Waals surface area (Å²) in [6.45, 7) is 3.05. The van der Waals surface area contributed by atoms with Crippen LogP contribution in [0.2, 0.25) is 10.0 Å². The standard InChI is InChI=1S/C19H19Cl2N3O4/c1-10-6-5-7-12(15(10)20)23-24-17(11(2)25)19(26)22-18-14(28-4)9-8-13(27-3)16(18)21/h5-9,17H,1-4H3,(H,22,26). The molecule has 0 radical (unpaired) electrons. The third-order valence-electron chi connectivity index (χ3n) is 3.84. The van der Waals surface area contributed by atoms with Crippen molar-refractivity contribution in [2.24, 2.45) is 10.2 Å². The van der Waals surface area contributed by atoms with Crippen LogP contribution in [0.4, 0.5) is 11.4 Å². The summed E-state index contributed by atoms with van der Waals surface area (Å²) in [7, 11) is 2.87. The lowest BCUT2D eigenvalue weighted by Crippen LogP contribution is -2.32. The molecule has 148 valence electrons. The second-order valence-corrected chi connectivity index (χ2v) is 6.54. The minimum Gasteiger partial charge on any atom is -0.495 e. The second kappa shape index (κ2) is 9.52. The molecule has 0 saturated carbocycles. The average Bonchev–Trinajstić information content (AvgIpc) is 2.66. The molecule has 2 rings (SSSR count). The lowest BCUT2D eigenvalue weighted by atomic mass is 10.2. The highest BCUT2D eigenvalue weighted by molar-refractivity contribution is 6.36. The van der Waals surface area contributed by atoms with Gasteiger partial charge in [0.2, 0.25) is 6.04 Å². The van der Waals surface area contributed by atoms with Gasteiger partial charge in [-0.15, -0.1) is 0 Å². The fourth-order valence-electron chi connectivity index (χ4n) is 2.32. The molecule has 9 heteroatoms. The van der Waals surface area contributed by atoms with Crippen molar-refractivity contribution in [1.29, 1.82) is 0 Å². The number of aryl methyl sites for hydroxylation is 1. The number of halogens is 2. The molecular formula is C19H19Cl2N3O4. The van der Waals surface area contributed by atoms with Crippen molar-refractivity contribution < 1.29 is 19.1 Å². The van der Waals surface area contributed by atoms with Gasteiger partial charge >= 0.3 is 0 Å². The molecule has 1 N–H and O–H groups in total. The maximum Gasteiger partial charge on any atom is 0.258 e. The van der Waals surface area contributed by atoms with Gasteiger partial charge in [0.1, 0.15) is 27.9 Å². The Morgan fingerprint density at radius 3 is 2.29 bits per heavy atom. The molecule has 0 fully saturated rings. The summed E-state index contributed by atoms with van der Waals surface area (Å²) in [5.41, 5.74) is 1.33. The number of amides is 1. The van der Waals surface area contributed by atoms with Crippen LogP contribution >= 0.6 is 23.2 Å². The van der Waals surface area contributed by atoms with E-state index >= 15 is 0 Å². The summed E-state index contributed by atoms with van der Waals surface area (Å²) >= 11 is 12.4. The minimum absolute atomic E-state index is 0.135. The Labute approximate surface area is 172 Å². The quantitative estimate of drug-likeness (QED) is 0.501. The lowest BCUT2D eigenvalue weighted by molar-refractivity contribution is -0.126. The summed E-state index contributed by atoms with van der Waals surface area (Å²) in [6, 6.07) is 6.99. The normalized spacial score (nSPS) is 11.9. The van der Waals surface area contributed by atoms with Crippen molar-refractivity contribution in [3.8, 4) is 11.5 Å². The highest BCUT2D eigenvalue weighted by Crippen LogP contribution is 2.39. The number of hydrogen-bond donors (Lipinski definition) is 1. The number of benzene rings is 2. The first-order chi connectivity index (χ1) is 13.3. The molecule has 0 bridgehead atoms. The number of Topliss-reactive ketones (excluding diaryl/α,β-unsaturated/α-hetero) is 1. The Balaban J connectivity index is 2.33. The van der Waals surface area contributed by atoms with Gasteiger partial charge in [-0.25, -0.2) is 0 Å². The maximum atomic E-state index is 12.7. The van der Waals surface area contributed by atoms with Crippen LogP contribution in [0.1, 0.15) is 12.5 Å². The number of ketones is 1. The zero-order chi connectivity index (χ0) is 20.8. The summed E-state index contributed by atoms with van der Waals surface area (Å²) in [5.74, 6) is -0.568. The average molecular weight is 424 g/mol. The molecule has 0 saturated heterocycles. The Bertz CT molecular complexity index is 932. The van der Waals surface area contributed by atoms with Gasteiger partial charge in [0, 0.05) is 0 Å². The van der Waals surface area contributed by atoms with Crippen molar-refractivity contribution >= 4 is 46.3 Å². The number of nitrogens with zero attached hydrogens (tertiary/aromatic N) is 2. The van der Waals surface area contributed by atoms with Gasteiger partial charge in [-0.05, 0) is 37.6 Å². The van der Waals surface area contributed by atoms with Crippen LogP contribution in [0, 0.1) is 6.92 Å². The molecule has 0 aromatic heterocycles. The van der Waals surface area contributed by atoms with E-state index in [1.165, 1.54) is 21.1 Å². The van der Waals surface area contributed by atoms with E-state index in [2.05, 4.69) is 15.5 Å². The van der Waals surface area contributed by atoms with Crippen LogP contribution in [-0.2, 0) is 9.59 Å². The molecule has 28 heavy (non-hydrogen) atoms. The van der Waals surface area contributed by atoms with Crippen LogP contribution in [0.3, 0.4) is 0 Å². The van der Waals surface area contributed by atoms with E-state index in [0.717, 1.165) is 5.56 Å². The molecule has 0 heterocycles. The topological polar surface area (TPSA) is 89.3 Å². The number of anilines is 1. The predicted octanol–water partition coefficient (Wildman–Crippen LogP) is 5.00. The number of nitrogens with one attached hydrogen (secondary N) is 1. The van der Waals surface area contributed by atoms with Gasteiger partial charge in [0.15, 0.2) is 5.78 Å². The van der Waals surface area contributed by atoms with Crippen LogP contribution in [0.5, 0.6) is 11.5 Å². The lowest BCUT2D eigenvalue weighted by Gasteiger charge is -2.15. The zero-order valence-corrected chi connectivity index (χ0v) is 17.3. The third-order valence-corrected chi connectivity index (χ3v) is 4.71. The number of ether oxygens (including phenoxy) is 2. The maximum absolute atomic E-state index is 12.7. The number of rotatable bonds is 7. The van der Waals surface area contributed by atoms with E-state index in [-0.39, 0.29) is 10.7 Å². The smallest absolute Gasteiger partial charge is 0.258 e. The van der Waals surface area contributed by atoms with Crippen LogP contribution in [-0.4, -0.2) is 32.0 Å². The highest BCUT2D eigenvalue weighted by atomic mass is 35.5. The number of carbonyl (C=O) groups excluding carboxylic acids is 2. The first-order valence-corrected chi connectivity index (χ1v) is 8.93. The summed E-state index contributed by atoms with van der Waals surface area (Å²) in [5, 5.41) is 11.0. The molecule has 1 unspecified atom stereocenters. The van der Waals surface area contributed by atoms with Gasteiger partial charge in [-0.2, -0.15) is 10.2 Å². The third kappa shape index (κ3) is 4.79. The fourth-order valence-corrected chi connectivity index (χ4v) is 2.77. The van der Waals surface area contributed by atoms with E-state index in [0.29, 0.717) is 22.2 Å². The Hall–Kier alpha value is -2.64. The largest absolute Gasteiger partial charge is 0.495 e.